The fraction of sp³-hybridized carbons (Fsp3) is 0.118. The average Bonchev–Trinajstić information content (AvgIpc) is 3.22. The number of hydrogen-bond acceptors (Lipinski definition) is 3. The quantitative estimate of drug-likeness (QED) is 0.789. The standard InChI is InChI=1S/C17H14N4O/c22-17(21-9-7-12-4-1-2-6-16(12)21)15-10-14(19-20-15)13-5-3-8-18-11-13/h1-6,8,10-11H,7,9H2,(H,19,20). The molecule has 3 heterocycles. The van der Waals surface area contributed by atoms with Crippen LogP contribution in [0, 0.1) is 0 Å². The average molecular weight is 290 g/mol. The maximum atomic E-state index is 12.7. The van der Waals surface area contributed by atoms with Crippen LogP contribution in [-0.2, 0) is 6.42 Å². The van der Waals surface area contributed by atoms with Crippen LogP contribution in [0.15, 0.2) is 54.9 Å². The van der Waals surface area contributed by atoms with E-state index in [0.29, 0.717) is 12.2 Å². The molecule has 0 spiro atoms. The SMILES string of the molecule is O=C(c1cc(-c2cccnc2)n[nH]1)N1CCc2ccccc21. The molecule has 0 unspecified atom stereocenters. The zero-order chi connectivity index (χ0) is 14.9. The zero-order valence-electron chi connectivity index (χ0n) is 11.9. The number of benzene rings is 1. The van der Waals surface area contributed by atoms with Gasteiger partial charge in [0, 0.05) is 30.2 Å². The third kappa shape index (κ3) is 2.07. The molecule has 2 aromatic heterocycles. The number of nitrogens with one attached hydrogen (secondary N) is 1. The van der Waals surface area contributed by atoms with Crippen LogP contribution in [0.3, 0.4) is 0 Å². The third-order valence-electron chi connectivity index (χ3n) is 3.90. The van der Waals surface area contributed by atoms with Crippen molar-refractivity contribution in [1.29, 1.82) is 0 Å². The number of anilines is 1. The Balaban J connectivity index is 1.64. The summed E-state index contributed by atoms with van der Waals surface area (Å²) in [6, 6.07) is 13.6. The lowest BCUT2D eigenvalue weighted by molar-refractivity contribution is 0.0984. The van der Waals surface area contributed by atoms with Crippen molar-refractivity contribution in [2.45, 2.75) is 6.42 Å². The topological polar surface area (TPSA) is 61.9 Å². The van der Waals surface area contributed by atoms with Crippen LogP contribution in [0.25, 0.3) is 11.3 Å². The van der Waals surface area contributed by atoms with Gasteiger partial charge in [-0.3, -0.25) is 14.9 Å². The molecule has 0 atom stereocenters. The van der Waals surface area contributed by atoms with Crippen LogP contribution in [0.1, 0.15) is 16.1 Å². The number of aromatic amines is 1. The van der Waals surface area contributed by atoms with Gasteiger partial charge in [-0.15, -0.1) is 0 Å². The molecule has 1 N–H and O–H groups in total. The van der Waals surface area contributed by atoms with Crippen molar-refractivity contribution < 1.29 is 4.79 Å². The van der Waals surface area contributed by atoms with Crippen molar-refractivity contribution in [2.24, 2.45) is 0 Å². The lowest BCUT2D eigenvalue weighted by atomic mass is 10.2. The Hall–Kier alpha value is -2.95. The second-order valence-electron chi connectivity index (χ2n) is 5.24. The van der Waals surface area contributed by atoms with Crippen LogP contribution in [0.2, 0.25) is 0 Å². The third-order valence-corrected chi connectivity index (χ3v) is 3.90. The molecule has 5 nitrogen and oxygen atoms in total. The summed E-state index contributed by atoms with van der Waals surface area (Å²) in [4.78, 5) is 18.6. The smallest absolute Gasteiger partial charge is 0.276 e. The highest BCUT2D eigenvalue weighted by atomic mass is 16.2. The molecule has 22 heavy (non-hydrogen) atoms. The first-order valence-electron chi connectivity index (χ1n) is 7.18. The number of amides is 1. The van der Waals surface area contributed by atoms with Crippen molar-refractivity contribution in [2.75, 3.05) is 11.4 Å². The van der Waals surface area contributed by atoms with Gasteiger partial charge in [0.25, 0.3) is 5.91 Å². The van der Waals surface area contributed by atoms with E-state index in [1.165, 1.54) is 5.56 Å². The van der Waals surface area contributed by atoms with Crippen LogP contribution < -0.4 is 4.90 Å². The van der Waals surface area contributed by atoms with Crippen molar-refractivity contribution in [3.05, 3.63) is 66.1 Å². The molecule has 0 saturated heterocycles. The van der Waals surface area contributed by atoms with E-state index in [1.807, 2.05) is 30.3 Å². The summed E-state index contributed by atoms with van der Waals surface area (Å²) in [6.45, 7) is 0.708. The Morgan fingerprint density at radius 1 is 1.18 bits per heavy atom. The maximum absolute atomic E-state index is 12.7. The number of fused-ring (bicyclic) bond motifs is 1. The summed E-state index contributed by atoms with van der Waals surface area (Å²) in [5.41, 5.74) is 4.31. The molecular formula is C17H14N4O. The Labute approximate surface area is 127 Å². The fourth-order valence-corrected chi connectivity index (χ4v) is 2.79. The van der Waals surface area contributed by atoms with E-state index >= 15 is 0 Å². The molecule has 0 radical (unpaired) electrons. The molecule has 0 fully saturated rings. The largest absolute Gasteiger partial charge is 0.306 e. The van der Waals surface area contributed by atoms with Gasteiger partial charge in [0.2, 0.25) is 0 Å². The van der Waals surface area contributed by atoms with E-state index in [-0.39, 0.29) is 5.91 Å². The minimum Gasteiger partial charge on any atom is -0.306 e. The first kappa shape index (κ1) is 12.8. The molecular weight excluding hydrogens is 276 g/mol. The molecule has 4 rings (SSSR count). The lowest BCUT2D eigenvalue weighted by Gasteiger charge is -2.15. The highest BCUT2D eigenvalue weighted by molar-refractivity contribution is 6.06. The van der Waals surface area contributed by atoms with Crippen LogP contribution in [-0.4, -0.2) is 27.6 Å². The first-order valence-corrected chi connectivity index (χ1v) is 7.18. The number of nitrogens with zero attached hydrogens (tertiary/aromatic N) is 3. The van der Waals surface area contributed by atoms with Crippen molar-refractivity contribution >= 4 is 11.6 Å². The molecule has 5 heteroatoms. The highest BCUT2D eigenvalue weighted by Gasteiger charge is 2.26. The lowest BCUT2D eigenvalue weighted by Crippen LogP contribution is -2.29. The monoisotopic (exact) mass is 290 g/mol. The van der Waals surface area contributed by atoms with Gasteiger partial charge < -0.3 is 4.90 Å². The van der Waals surface area contributed by atoms with Gasteiger partial charge in [0.1, 0.15) is 5.69 Å². The number of carbonyl (C=O) groups excluding carboxylic acids is 1. The van der Waals surface area contributed by atoms with Gasteiger partial charge in [-0.25, -0.2) is 0 Å². The molecule has 1 aliphatic rings. The molecule has 1 amide bonds. The molecule has 108 valence electrons. The number of rotatable bonds is 2. The van der Waals surface area contributed by atoms with Crippen LogP contribution in [0.4, 0.5) is 5.69 Å². The van der Waals surface area contributed by atoms with Crippen LogP contribution >= 0.6 is 0 Å². The molecule has 0 bridgehead atoms. The minimum absolute atomic E-state index is 0.0485. The number of carbonyl (C=O) groups is 1. The zero-order valence-corrected chi connectivity index (χ0v) is 11.9. The van der Waals surface area contributed by atoms with Gasteiger partial charge in [-0.05, 0) is 36.2 Å². The second-order valence-corrected chi connectivity index (χ2v) is 5.24. The summed E-state index contributed by atoms with van der Waals surface area (Å²) in [5.74, 6) is -0.0485. The Morgan fingerprint density at radius 3 is 2.95 bits per heavy atom. The van der Waals surface area contributed by atoms with Gasteiger partial charge in [-0.2, -0.15) is 5.10 Å². The molecule has 0 aliphatic carbocycles. The van der Waals surface area contributed by atoms with Crippen LogP contribution in [0.5, 0.6) is 0 Å². The van der Waals surface area contributed by atoms with Gasteiger partial charge in [0.15, 0.2) is 0 Å². The minimum atomic E-state index is -0.0485. The molecule has 0 saturated carbocycles. The summed E-state index contributed by atoms with van der Waals surface area (Å²) >= 11 is 0. The number of para-hydroxylation sites is 1. The summed E-state index contributed by atoms with van der Waals surface area (Å²) in [5, 5.41) is 7.07. The first-order chi connectivity index (χ1) is 10.8. The van der Waals surface area contributed by atoms with Crippen molar-refractivity contribution in [3.63, 3.8) is 0 Å². The summed E-state index contributed by atoms with van der Waals surface area (Å²) < 4.78 is 0. The Bertz CT molecular complexity index is 825. The number of H-pyrrole nitrogens is 1. The van der Waals surface area contributed by atoms with E-state index in [0.717, 1.165) is 23.4 Å². The number of pyridine rings is 1. The van der Waals surface area contributed by atoms with E-state index < -0.39 is 0 Å². The molecule has 1 aromatic carbocycles. The Morgan fingerprint density at radius 2 is 2.09 bits per heavy atom. The van der Waals surface area contributed by atoms with E-state index in [2.05, 4.69) is 21.2 Å². The number of hydrogen-bond donors (Lipinski definition) is 1. The maximum Gasteiger partial charge on any atom is 0.276 e. The molecule has 3 aromatic rings. The summed E-state index contributed by atoms with van der Waals surface area (Å²) in [7, 11) is 0. The Kier molecular flexibility index (Phi) is 2.96. The normalized spacial score (nSPS) is 13.2. The van der Waals surface area contributed by atoms with Gasteiger partial charge in [-0.1, -0.05) is 18.2 Å². The predicted molar refractivity (Wildman–Crippen MR) is 83.6 cm³/mol. The molecule has 1 aliphatic heterocycles. The predicted octanol–water partition coefficient (Wildman–Crippen LogP) is 2.67. The summed E-state index contributed by atoms with van der Waals surface area (Å²) in [6.07, 6.45) is 4.34. The van der Waals surface area contributed by atoms with Gasteiger partial charge >= 0.3 is 0 Å². The van der Waals surface area contributed by atoms with Crippen molar-refractivity contribution in [1.82, 2.24) is 15.2 Å². The van der Waals surface area contributed by atoms with E-state index in [4.69, 9.17) is 0 Å². The van der Waals surface area contributed by atoms with E-state index in [1.54, 1.807) is 23.4 Å². The van der Waals surface area contributed by atoms with E-state index in [9.17, 15) is 4.79 Å². The fourth-order valence-electron chi connectivity index (χ4n) is 2.79. The highest BCUT2D eigenvalue weighted by Crippen LogP contribution is 2.29. The number of aromatic nitrogens is 3. The second kappa shape index (κ2) is 5.11. The van der Waals surface area contributed by atoms with Crippen molar-refractivity contribution in [3.8, 4) is 11.3 Å². The van der Waals surface area contributed by atoms with Gasteiger partial charge in [0.05, 0.1) is 5.69 Å².